The minimum atomic E-state index is 0.812. The second-order valence-corrected chi connectivity index (χ2v) is 5.90. The predicted octanol–water partition coefficient (Wildman–Crippen LogP) is 4.58. The molecule has 3 atom stereocenters. The summed E-state index contributed by atoms with van der Waals surface area (Å²) in [5.74, 6) is 3.51. The van der Waals surface area contributed by atoms with E-state index < -0.39 is 0 Å². The molecule has 2 aliphatic rings. The van der Waals surface area contributed by atoms with Gasteiger partial charge in [-0.05, 0) is 43.4 Å². The molecule has 0 nitrogen and oxygen atoms in total. The van der Waals surface area contributed by atoms with Crippen LogP contribution < -0.4 is 0 Å². The van der Waals surface area contributed by atoms with Crippen molar-refractivity contribution < 1.29 is 0 Å². The fourth-order valence-electron chi connectivity index (χ4n) is 2.82. The van der Waals surface area contributed by atoms with Crippen molar-refractivity contribution in [3.05, 3.63) is 23.3 Å². The van der Waals surface area contributed by atoms with Gasteiger partial charge in [-0.15, -0.1) is 0 Å². The van der Waals surface area contributed by atoms with Gasteiger partial charge >= 0.3 is 0 Å². The van der Waals surface area contributed by atoms with Crippen LogP contribution in [0.3, 0.4) is 0 Å². The van der Waals surface area contributed by atoms with Crippen molar-refractivity contribution in [3.8, 4) is 0 Å². The standard InChI is InChI=1S/C15H24/c1-10(2)5-6-11(3)13-8-7-12(4)14-9-15(13)14/h7-8,10-11,14-15H,5-6,9H2,1-4H3. The van der Waals surface area contributed by atoms with Crippen LogP contribution in [0.4, 0.5) is 0 Å². The number of rotatable bonds is 4. The van der Waals surface area contributed by atoms with Crippen LogP contribution >= 0.6 is 0 Å². The second kappa shape index (κ2) is 4.15. The van der Waals surface area contributed by atoms with Gasteiger partial charge in [-0.3, -0.25) is 0 Å². The maximum Gasteiger partial charge on any atom is -0.0126 e. The Hall–Kier alpha value is -0.520. The zero-order valence-electron chi connectivity index (χ0n) is 10.6. The van der Waals surface area contributed by atoms with Gasteiger partial charge in [0.25, 0.3) is 0 Å². The number of hydrogen-bond donors (Lipinski definition) is 0. The van der Waals surface area contributed by atoms with E-state index in [0.29, 0.717) is 0 Å². The molecule has 1 saturated carbocycles. The smallest absolute Gasteiger partial charge is 0.0126 e. The molecule has 1 fully saturated rings. The van der Waals surface area contributed by atoms with Gasteiger partial charge in [0, 0.05) is 0 Å². The zero-order chi connectivity index (χ0) is 11.0. The highest BCUT2D eigenvalue weighted by molar-refractivity contribution is 5.35. The Bertz CT molecular complexity index is 293. The molecule has 0 N–H and O–H groups in total. The molecule has 0 bridgehead atoms. The maximum absolute atomic E-state index is 2.41. The van der Waals surface area contributed by atoms with Crippen molar-refractivity contribution in [2.45, 2.75) is 47.0 Å². The molecule has 15 heavy (non-hydrogen) atoms. The molecule has 3 unspecified atom stereocenters. The Balaban J connectivity index is 1.94. The van der Waals surface area contributed by atoms with Gasteiger partial charge in [0.1, 0.15) is 0 Å². The lowest BCUT2D eigenvalue weighted by Gasteiger charge is -2.19. The molecule has 0 saturated heterocycles. The van der Waals surface area contributed by atoms with Crippen molar-refractivity contribution in [2.75, 3.05) is 0 Å². The highest BCUT2D eigenvalue weighted by Crippen LogP contribution is 2.53. The molecule has 2 aliphatic carbocycles. The number of fused-ring (bicyclic) bond motifs is 1. The van der Waals surface area contributed by atoms with E-state index in [9.17, 15) is 0 Å². The van der Waals surface area contributed by atoms with E-state index in [4.69, 9.17) is 0 Å². The number of allylic oxidation sites excluding steroid dienone is 4. The van der Waals surface area contributed by atoms with Crippen molar-refractivity contribution in [1.82, 2.24) is 0 Å². The van der Waals surface area contributed by atoms with E-state index in [-0.39, 0.29) is 0 Å². The van der Waals surface area contributed by atoms with Gasteiger partial charge in [0.15, 0.2) is 0 Å². The van der Waals surface area contributed by atoms with Gasteiger partial charge in [-0.1, -0.05) is 50.5 Å². The van der Waals surface area contributed by atoms with E-state index in [1.165, 1.54) is 19.3 Å². The topological polar surface area (TPSA) is 0 Å². The van der Waals surface area contributed by atoms with E-state index in [1.54, 1.807) is 11.1 Å². The quantitative estimate of drug-likeness (QED) is 0.628. The van der Waals surface area contributed by atoms with Crippen molar-refractivity contribution >= 4 is 0 Å². The van der Waals surface area contributed by atoms with Crippen LogP contribution in [0.2, 0.25) is 0 Å². The summed E-state index contributed by atoms with van der Waals surface area (Å²) in [7, 11) is 0. The summed E-state index contributed by atoms with van der Waals surface area (Å²) in [5, 5.41) is 0. The lowest BCUT2D eigenvalue weighted by atomic mass is 9.86. The first kappa shape index (κ1) is 11.0. The molecule has 0 aromatic carbocycles. The van der Waals surface area contributed by atoms with Crippen molar-refractivity contribution in [2.24, 2.45) is 23.7 Å². The molecule has 0 aromatic heterocycles. The predicted molar refractivity (Wildman–Crippen MR) is 66.7 cm³/mol. The molecule has 0 heterocycles. The van der Waals surface area contributed by atoms with Gasteiger partial charge < -0.3 is 0 Å². The molecule has 0 radical (unpaired) electrons. The van der Waals surface area contributed by atoms with Crippen LogP contribution in [-0.2, 0) is 0 Å². The van der Waals surface area contributed by atoms with Crippen LogP contribution in [0.25, 0.3) is 0 Å². The molecule has 0 spiro atoms. The summed E-state index contributed by atoms with van der Waals surface area (Å²) in [6, 6.07) is 0. The molecule has 0 aromatic rings. The lowest BCUT2D eigenvalue weighted by Crippen LogP contribution is -2.07. The third kappa shape index (κ3) is 2.35. The van der Waals surface area contributed by atoms with Crippen LogP contribution in [0.15, 0.2) is 23.3 Å². The maximum atomic E-state index is 2.41. The largest absolute Gasteiger partial charge is 0.0696 e. The molecular formula is C15H24. The van der Waals surface area contributed by atoms with E-state index in [2.05, 4.69) is 39.8 Å². The fourth-order valence-corrected chi connectivity index (χ4v) is 2.82. The minimum absolute atomic E-state index is 0.812. The molecule has 0 amide bonds. The SMILES string of the molecule is CC1=CC=C(C(C)CCC(C)C)C2CC12. The Morgan fingerprint density at radius 1 is 1.13 bits per heavy atom. The van der Waals surface area contributed by atoms with E-state index in [0.717, 1.165) is 23.7 Å². The molecule has 84 valence electrons. The lowest BCUT2D eigenvalue weighted by molar-refractivity contribution is 0.475. The van der Waals surface area contributed by atoms with Gasteiger partial charge in [-0.25, -0.2) is 0 Å². The molecular weight excluding hydrogens is 180 g/mol. The first-order valence-electron chi connectivity index (χ1n) is 6.48. The van der Waals surface area contributed by atoms with E-state index >= 15 is 0 Å². The Morgan fingerprint density at radius 3 is 2.53 bits per heavy atom. The normalized spacial score (nSPS) is 30.7. The molecule has 2 rings (SSSR count). The van der Waals surface area contributed by atoms with Crippen molar-refractivity contribution in [1.29, 1.82) is 0 Å². The van der Waals surface area contributed by atoms with Gasteiger partial charge in [0.2, 0.25) is 0 Å². The first-order valence-corrected chi connectivity index (χ1v) is 6.48. The highest BCUT2D eigenvalue weighted by Gasteiger charge is 2.43. The van der Waals surface area contributed by atoms with E-state index in [1.807, 2.05) is 0 Å². The Labute approximate surface area is 94.5 Å². The average molecular weight is 204 g/mol. The number of hydrogen-bond acceptors (Lipinski definition) is 0. The summed E-state index contributed by atoms with van der Waals surface area (Å²) in [5.41, 5.74) is 3.35. The highest BCUT2D eigenvalue weighted by atomic mass is 14.5. The van der Waals surface area contributed by atoms with Crippen LogP contribution in [-0.4, -0.2) is 0 Å². The Kier molecular flexibility index (Phi) is 3.04. The first-order chi connectivity index (χ1) is 7.09. The zero-order valence-corrected chi connectivity index (χ0v) is 10.6. The van der Waals surface area contributed by atoms with Crippen molar-refractivity contribution in [3.63, 3.8) is 0 Å². The van der Waals surface area contributed by atoms with Gasteiger partial charge in [0.05, 0.1) is 0 Å². The second-order valence-electron chi connectivity index (χ2n) is 5.90. The summed E-state index contributed by atoms with van der Waals surface area (Å²) in [6.45, 7) is 9.35. The summed E-state index contributed by atoms with van der Waals surface area (Å²) in [6.07, 6.45) is 8.95. The van der Waals surface area contributed by atoms with Crippen LogP contribution in [0.1, 0.15) is 47.0 Å². The van der Waals surface area contributed by atoms with Crippen LogP contribution in [0.5, 0.6) is 0 Å². The summed E-state index contributed by atoms with van der Waals surface area (Å²) in [4.78, 5) is 0. The summed E-state index contributed by atoms with van der Waals surface area (Å²) >= 11 is 0. The summed E-state index contributed by atoms with van der Waals surface area (Å²) < 4.78 is 0. The van der Waals surface area contributed by atoms with Gasteiger partial charge in [-0.2, -0.15) is 0 Å². The Morgan fingerprint density at radius 2 is 1.87 bits per heavy atom. The fraction of sp³-hybridized carbons (Fsp3) is 0.733. The molecule has 0 heteroatoms. The van der Waals surface area contributed by atoms with Crippen LogP contribution in [0, 0.1) is 23.7 Å². The average Bonchev–Trinajstić information content (AvgIpc) is 2.95. The molecule has 0 aliphatic heterocycles. The minimum Gasteiger partial charge on any atom is -0.0696 e. The third-order valence-corrected chi connectivity index (χ3v) is 4.09. The third-order valence-electron chi connectivity index (χ3n) is 4.09. The monoisotopic (exact) mass is 204 g/mol.